The van der Waals surface area contributed by atoms with Crippen molar-refractivity contribution < 1.29 is 9.13 Å². The van der Waals surface area contributed by atoms with Crippen LogP contribution < -0.4 is 4.74 Å². The quantitative estimate of drug-likeness (QED) is 0.717. The van der Waals surface area contributed by atoms with Crippen molar-refractivity contribution in [2.24, 2.45) is 0 Å². The highest BCUT2D eigenvalue weighted by Gasteiger charge is 2.09. The summed E-state index contributed by atoms with van der Waals surface area (Å²) in [6.45, 7) is 5.36. The van der Waals surface area contributed by atoms with Crippen LogP contribution in [0.4, 0.5) is 4.39 Å². The molecule has 23 heavy (non-hydrogen) atoms. The molecular weight excluding hydrogens is 287 g/mol. The summed E-state index contributed by atoms with van der Waals surface area (Å²) in [5, 5.41) is 0. The number of ether oxygens (including phenoxy) is 1. The molecule has 0 radical (unpaired) electrons. The molecule has 0 spiro atoms. The summed E-state index contributed by atoms with van der Waals surface area (Å²) < 4.78 is 17.8. The highest BCUT2D eigenvalue weighted by molar-refractivity contribution is 5.68. The molecule has 3 rings (SSSR count). The van der Waals surface area contributed by atoms with Crippen LogP contribution in [-0.2, 0) is 6.42 Å². The molecule has 2 heteroatoms. The zero-order chi connectivity index (χ0) is 16.2. The predicted octanol–water partition coefficient (Wildman–Crippen LogP) is 4.91. The highest BCUT2D eigenvalue weighted by atomic mass is 19.1. The van der Waals surface area contributed by atoms with Crippen molar-refractivity contribution in [1.29, 1.82) is 0 Å². The molecule has 0 saturated heterocycles. The van der Waals surface area contributed by atoms with E-state index >= 15 is 0 Å². The molecule has 0 fully saturated rings. The molecule has 0 bridgehead atoms. The van der Waals surface area contributed by atoms with E-state index in [2.05, 4.69) is 30.6 Å². The lowest BCUT2D eigenvalue weighted by atomic mass is 9.91. The maximum absolute atomic E-state index is 12.8. The van der Waals surface area contributed by atoms with Gasteiger partial charge in [-0.15, -0.1) is 0 Å². The van der Waals surface area contributed by atoms with Crippen LogP contribution in [0, 0.1) is 11.8 Å². The normalized spacial score (nSPS) is 13.7. The summed E-state index contributed by atoms with van der Waals surface area (Å²) in [7, 11) is 0. The number of rotatable bonds is 2. The number of alkyl halides is 1. The Morgan fingerprint density at radius 1 is 1.09 bits per heavy atom. The standard InChI is InChI=1S/C21H17FO/c1-15-6-13-21-18(4-3-5-19(21)14-15)10-7-17-8-11-20(12-9-17)23-16(2)22/h3-6,8-9,11-13,16H,1,14H2,2H3. The van der Waals surface area contributed by atoms with Crippen molar-refractivity contribution in [3.05, 3.63) is 82.9 Å². The fourth-order valence-electron chi connectivity index (χ4n) is 2.52. The van der Waals surface area contributed by atoms with Gasteiger partial charge >= 0.3 is 0 Å². The van der Waals surface area contributed by atoms with Crippen molar-refractivity contribution in [3.8, 4) is 17.6 Å². The van der Waals surface area contributed by atoms with E-state index in [1.54, 1.807) is 12.1 Å². The molecule has 2 aromatic rings. The fraction of sp³-hybridized carbons (Fsp3) is 0.143. The maximum atomic E-state index is 12.8. The summed E-state index contributed by atoms with van der Waals surface area (Å²) in [6, 6.07) is 13.3. The van der Waals surface area contributed by atoms with Gasteiger partial charge in [0.2, 0.25) is 6.36 Å². The van der Waals surface area contributed by atoms with Crippen LogP contribution in [0.5, 0.6) is 5.75 Å². The fourth-order valence-corrected chi connectivity index (χ4v) is 2.52. The first-order valence-corrected chi connectivity index (χ1v) is 7.52. The summed E-state index contributed by atoms with van der Waals surface area (Å²) in [4.78, 5) is 0. The molecule has 1 aliphatic rings. The Labute approximate surface area is 136 Å². The molecule has 1 aliphatic carbocycles. The van der Waals surface area contributed by atoms with E-state index in [9.17, 15) is 4.39 Å². The maximum Gasteiger partial charge on any atom is 0.235 e. The Morgan fingerprint density at radius 2 is 1.87 bits per heavy atom. The predicted molar refractivity (Wildman–Crippen MR) is 91.9 cm³/mol. The molecule has 0 aromatic heterocycles. The van der Waals surface area contributed by atoms with Gasteiger partial charge in [0.15, 0.2) is 0 Å². The Hall–Kier alpha value is -2.79. The van der Waals surface area contributed by atoms with Gasteiger partial charge in [-0.25, -0.2) is 4.39 Å². The number of hydrogen-bond acceptors (Lipinski definition) is 1. The molecule has 1 atom stereocenters. The minimum Gasteiger partial charge on any atom is -0.461 e. The largest absolute Gasteiger partial charge is 0.461 e. The van der Waals surface area contributed by atoms with Gasteiger partial charge < -0.3 is 4.74 Å². The van der Waals surface area contributed by atoms with Gasteiger partial charge in [-0.2, -0.15) is 0 Å². The number of benzene rings is 2. The van der Waals surface area contributed by atoms with Crippen molar-refractivity contribution in [2.75, 3.05) is 0 Å². The lowest BCUT2D eigenvalue weighted by molar-refractivity contribution is 0.0860. The van der Waals surface area contributed by atoms with E-state index in [1.807, 2.05) is 30.3 Å². The van der Waals surface area contributed by atoms with Crippen molar-refractivity contribution in [3.63, 3.8) is 0 Å². The van der Waals surface area contributed by atoms with E-state index in [0.29, 0.717) is 5.75 Å². The van der Waals surface area contributed by atoms with Crippen LogP contribution >= 0.6 is 0 Å². The third-order valence-electron chi connectivity index (χ3n) is 3.59. The Bertz CT molecular complexity index is 817. The highest BCUT2D eigenvalue weighted by Crippen LogP contribution is 2.24. The smallest absolute Gasteiger partial charge is 0.235 e. The SMILES string of the molecule is C=C1C=Cc2c(C#Cc3ccc(OC(C)F)cc3)cccc2C1. The van der Waals surface area contributed by atoms with Crippen molar-refractivity contribution >= 4 is 6.08 Å². The Kier molecular flexibility index (Phi) is 4.30. The van der Waals surface area contributed by atoms with Crippen LogP contribution in [0.15, 0.2) is 60.7 Å². The number of hydrogen-bond donors (Lipinski definition) is 0. The lowest BCUT2D eigenvalue weighted by Crippen LogP contribution is -2.03. The van der Waals surface area contributed by atoms with Gasteiger partial charge in [0.25, 0.3) is 0 Å². The van der Waals surface area contributed by atoms with Crippen molar-refractivity contribution in [2.45, 2.75) is 19.7 Å². The number of fused-ring (bicyclic) bond motifs is 1. The summed E-state index contributed by atoms with van der Waals surface area (Å²) >= 11 is 0. The molecule has 0 heterocycles. The minimum absolute atomic E-state index is 0.504. The van der Waals surface area contributed by atoms with E-state index in [0.717, 1.165) is 23.1 Å². The first-order chi connectivity index (χ1) is 11.1. The monoisotopic (exact) mass is 304 g/mol. The van der Waals surface area contributed by atoms with Gasteiger partial charge in [0.1, 0.15) is 5.75 Å². The second-order valence-electron chi connectivity index (χ2n) is 5.48. The zero-order valence-corrected chi connectivity index (χ0v) is 13.0. The minimum atomic E-state index is -1.32. The van der Waals surface area contributed by atoms with E-state index in [-0.39, 0.29) is 0 Å². The number of allylic oxidation sites excluding steroid dienone is 2. The van der Waals surface area contributed by atoms with Crippen LogP contribution in [-0.4, -0.2) is 6.36 Å². The van der Waals surface area contributed by atoms with Crippen LogP contribution in [0.2, 0.25) is 0 Å². The van der Waals surface area contributed by atoms with Gasteiger partial charge in [-0.1, -0.05) is 48.3 Å². The lowest BCUT2D eigenvalue weighted by Gasteiger charge is -2.13. The molecule has 2 aromatic carbocycles. The Balaban J connectivity index is 1.85. The molecular formula is C21H17FO. The van der Waals surface area contributed by atoms with Crippen molar-refractivity contribution in [1.82, 2.24) is 0 Å². The molecule has 1 nitrogen and oxygen atoms in total. The molecule has 0 saturated carbocycles. The summed E-state index contributed by atoms with van der Waals surface area (Å²) in [5.41, 5.74) is 5.40. The second kappa shape index (κ2) is 6.54. The van der Waals surface area contributed by atoms with E-state index < -0.39 is 6.36 Å². The average Bonchev–Trinajstić information content (AvgIpc) is 2.53. The zero-order valence-electron chi connectivity index (χ0n) is 13.0. The molecule has 0 aliphatic heterocycles. The molecule has 0 N–H and O–H groups in total. The van der Waals surface area contributed by atoms with Gasteiger partial charge in [-0.3, -0.25) is 0 Å². The first kappa shape index (κ1) is 15.1. The van der Waals surface area contributed by atoms with Gasteiger partial charge in [-0.05, 0) is 47.9 Å². The van der Waals surface area contributed by atoms with E-state index in [1.165, 1.54) is 18.1 Å². The average molecular weight is 304 g/mol. The van der Waals surface area contributed by atoms with E-state index in [4.69, 9.17) is 4.74 Å². The summed E-state index contributed by atoms with van der Waals surface area (Å²) in [5.74, 6) is 6.87. The third kappa shape index (κ3) is 3.70. The molecule has 1 unspecified atom stereocenters. The second-order valence-corrected chi connectivity index (χ2v) is 5.48. The van der Waals surface area contributed by atoms with Crippen LogP contribution in [0.25, 0.3) is 6.08 Å². The van der Waals surface area contributed by atoms with Crippen LogP contribution in [0.1, 0.15) is 29.2 Å². The van der Waals surface area contributed by atoms with Gasteiger partial charge in [0, 0.05) is 18.1 Å². The third-order valence-corrected chi connectivity index (χ3v) is 3.59. The van der Waals surface area contributed by atoms with Gasteiger partial charge in [0.05, 0.1) is 0 Å². The van der Waals surface area contributed by atoms with Crippen LogP contribution in [0.3, 0.4) is 0 Å². The molecule has 0 amide bonds. The summed E-state index contributed by atoms with van der Waals surface area (Å²) in [6.07, 6.45) is 3.67. The number of halogens is 1. The molecule has 114 valence electrons. The topological polar surface area (TPSA) is 9.23 Å². The first-order valence-electron chi connectivity index (χ1n) is 7.52. The Morgan fingerprint density at radius 3 is 2.61 bits per heavy atom.